The van der Waals surface area contributed by atoms with Crippen molar-refractivity contribution >= 4 is 48.6 Å². The molecular weight excluding hydrogens is 366 g/mol. The van der Waals surface area contributed by atoms with Gasteiger partial charge in [-0.15, -0.1) is 0 Å². The van der Waals surface area contributed by atoms with E-state index in [1.54, 1.807) is 0 Å². The Morgan fingerprint density at radius 1 is 0.684 bits per heavy atom. The van der Waals surface area contributed by atoms with Gasteiger partial charge in [-0.1, -0.05) is 0 Å². The minimum atomic E-state index is 0.393. The molecule has 0 aliphatic heterocycles. The first kappa shape index (κ1) is 11.6. The van der Waals surface area contributed by atoms with Crippen LogP contribution in [0.2, 0.25) is 0 Å². The summed E-state index contributed by atoms with van der Waals surface area (Å²) in [5, 5.41) is 0. The predicted octanol–water partition coefficient (Wildman–Crippen LogP) is 2.49. The van der Waals surface area contributed by atoms with Gasteiger partial charge in [0.05, 0.1) is 0 Å². The molecule has 2 nitrogen and oxygen atoms in total. The molecule has 2 aromatic carbocycles. The molecule has 0 saturated heterocycles. The van der Waals surface area contributed by atoms with Crippen molar-refractivity contribution in [3.63, 3.8) is 0 Å². The summed E-state index contributed by atoms with van der Waals surface area (Å²) in [4.78, 5) is 9.50. The molecule has 0 radical (unpaired) electrons. The summed E-state index contributed by atoms with van der Waals surface area (Å²) in [6, 6.07) is 16.9. The third-order valence-electron chi connectivity index (χ3n) is 2.98. The molecule has 0 aliphatic rings. The molecule has 92 valence electrons. The van der Waals surface area contributed by atoms with Crippen molar-refractivity contribution in [2.24, 2.45) is 0 Å². The van der Waals surface area contributed by atoms with Crippen LogP contribution in [0.3, 0.4) is 0 Å². The maximum absolute atomic E-state index is 4.75. The molecule has 0 aliphatic carbocycles. The first-order valence-electron chi connectivity index (χ1n) is 6.07. The Balaban J connectivity index is 1.73. The average molecular weight is 376 g/mol. The number of aromatic nitrogens is 2. The van der Waals surface area contributed by atoms with Gasteiger partial charge in [-0.25, -0.2) is 0 Å². The first-order valence-corrected chi connectivity index (χ1v) is 9.50. The van der Waals surface area contributed by atoms with E-state index in [2.05, 4.69) is 48.5 Å². The number of rotatable bonds is 2. The van der Waals surface area contributed by atoms with Gasteiger partial charge in [-0.2, -0.15) is 0 Å². The van der Waals surface area contributed by atoms with Crippen LogP contribution in [0.1, 0.15) is 9.14 Å². The van der Waals surface area contributed by atoms with E-state index in [0.717, 1.165) is 6.42 Å². The van der Waals surface area contributed by atoms with Gasteiger partial charge in [0.25, 0.3) is 0 Å². The quantitative estimate of drug-likeness (QED) is 0.503. The van der Waals surface area contributed by atoms with Crippen LogP contribution in [0.4, 0.5) is 0 Å². The standard InChI is InChI=1S/C15H10N2Se2/c1-3-7-12-10(5-1)16-14(18-12)9-15-17-11-6-2-4-8-13(11)19-15/h1-8H,9H2. The average Bonchev–Trinajstić information content (AvgIpc) is 3.00. The Hall–Kier alpha value is -1.18. The van der Waals surface area contributed by atoms with Gasteiger partial charge in [0.1, 0.15) is 0 Å². The predicted molar refractivity (Wildman–Crippen MR) is 80.2 cm³/mol. The number of hydrogen-bond acceptors (Lipinski definition) is 2. The zero-order valence-corrected chi connectivity index (χ0v) is 13.5. The molecule has 0 saturated carbocycles. The second kappa shape index (κ2) is 4.73. The van der Waals surface area contributed by atoms with Gasteiger partial charge in [0, 0.05) is 0 Å². The summed E-state index contributed by atoms with van der Waals surface area (Å²) in [6.07, 6.45) is 0.962. The summed E-state index contributed by atoms with van der Waals surface area (Å²) >= 11 is 0.786. The Kier molecular flexibility index (Phi) is 2.90. The zero-order valence-electron chi connectivity index (χ0n) is 10.0. The Bertz CT molecular complexity index is 722. The second-order valence-electron chi connectivity index (χ2n) is 4.33. The Morgan fingerprint density at radius 3 is 1.63 bits per heavy atom. The van der Waals surface area contributed by atoms with E-state index in [1.165, 1.54) is 28.7 Å². The van der Waals surface area contributed by atoms with Crippen molar-refractivity contribution in [3.8, 4) is 0 Å². The van der Waals surface area contributed by atoms with Crippen molar-refractivity contribution < 1.29 is 0 Å². The molecule has 4 heteroatoms. The van der Waals surface area contributed by atoms with Crippen molar-refractivity contribution in [3.05, 3.63) is 57.7 Å². The molecule has 19 heavy (non-hydrogen) atoms. The topological polar surface area (TPSA) is 25.8 Å². The monoisotopic (exact) mass is 378 g/mol. The van der Waals surface area contributed by atoms with Crippen LogP contribution in [-0.4, -0.2) is 39.0 Å². The van der Waals surface area contributed by atoms with Crippen LogP contribution < -0.4 is 0 Å². The minimum absolute atomic E-state index is 0.393. The molecule has 4 aromatic rings. The van der Waals surface area contributed by atoms with Gasteiger partial charge < -0.3 is 0 Å². The van der Waals surface area contributed by atoms with E-state index in [1.807, 2.05) is 0 Å². The second-order valence-corrected chi connectivity index (χ2v) is 9.01. The van der Waals surface area contributed by atoms with E-state index in [0.29, 0.717) is 29.0 Å². The summed E-state index contributed by atoms with van der Waals surface area (Å²) in [6.45, 7) is 0. The molecule has 0 atom stereocenters. The molecule has 4 rings (SSSR count). The number of nitrogens with zero attached hydrogens (tertiary/aromatic N) is 2. The van der Waals surface area contributed by atoms with Crippen molar-refractivity contribution in [1.82, 2.24) is 9.97 Å². The molecular formula is C15H10N2Se2. The van der Waals surface area contributed by atoms with Gasteiger partial charge >= 0.3 is 123 Å². The summed E-state index contributed by atoms with van der Waals surface area (Å²) < 4.78 is 5.46. The van der Waals surface area contributed by atoms with Crippen LogP contribution in [0.25, 0.3) is 19.6 Å². The number of para-hydroxylation sites is 2. The fraction of sp³-hybridized carbons (Fsp3) is 0.0667. The van der Waals surface area contributed by atoms with E-state index in [9.17, 15) is 0 Å². The molecule has 0 amide bonds. The zero-order chi connectivity index (χ0) is 12.7. The molecule has 0 N–H and O–H groups in total. The third kappa shape index (κ3) is 2.22. The normalized spacial score (nSPS) is 11.4. The maximum atomic E-state index is 4.75. The molecule has 0 spiro atoms. The molecule has 2 heterocycles. The first-order chi connectivity index (χ1) is 9.38. The van der Waals surface area contributed by atoms with E-state index < -0.39 is 0 Å². The van der Waals surface area contributed by atoms with Crippen LogP contribution in [0, 0.1) is 0 Å². The molecule has 0 fully saturated rings. The summed E-state index contributed by atoms with van der Waals surface area (Å²) in [5.74, 6) is 0. The summed E-state index contributed by atoms with van der Waals surface area (Å²) in [5.41, 5.74) is 2.34. The van der Waals surface area contributed by atoms with Crippen molar-refractivity contribution in [2.45, 2.75) is 6.42 Å². The SMILES string of the molecule is c1ccc2[se]c(Cc3nc4ccccc4[se]3)nc2c1. The fourth-order valence-corrected chi connectivity index (χ4v) is 6.66. The Labute approximate surface area is 122 Å². The van der Waals surface area contributed by atoms with Crippen molar-refractivity contribution in [1.29, 1.82) is 0 Å². The van der Waals surface area contributed by atoms with Gasteiger partial charge in [-0.3, -0.25) is 0 Å². The van der Waals surface area contributed by atoms with Gasteiger partial charge in [-0.05, 0) is 0 Å². The third-order valence-corrected chi connectivity index (χ3v) is 7.33. The number of benzene rings is 2. The number of fused-ring (bicyclic) bond motifs is 2. The van der Waals surface area contributed by atoms with Crippen LogP contribution in [-0.2, 0) is 6.42 Å². The van der Waals surface area contributed by atoms with Gasteiger partial charge in [0.15, 0.2) is 0 Å². The van der Waals surface area contributed by atoms with Crippen LogP contribution in [0.5, 0.6) is 0 Å². The Morgan fingerprint density at radius 2 is 1.16 bits per heavy atom. The van der Waals surface area contributed by atoms with Crippen LogP contribution in [0.15, 0.2) is 48.5 Å². The number of hydrogen-bond donors (Lipinski definition) is 0. The van der Waals surface area contributed by atoms with Crippen LogP contribution >= 0.6 is 0 Å². The molecule has 0 unspecified atom stereocenters. The van der Waals surface area contributed by atoms with Gasteiger partial charge in [0.2, 0.25) is 0 Å². The van der Waals surface area contributed by atoms with E-state index >= 15 is 0 Å². The van der Waals surface area contributed by atoms with E-state index in [-0.39, 0.29) is 0 Å². The molecule has 2 aromatic heterocycles. The summed E-state index contributed by atoms with van der Waals surface area (Å²) in [7, 11) is 0. The fourth-order valence-electron chi connectivity index (χ4n) is 2.12. The van der Waals surface area contributed by atoms with Crippen molar-refractivity contribution in [2.75, 3.05) is 0 Å². The van der Waals surface area contributed by atoms with E-state index in [4.69, 9.17) is 9.97 Å². The molecule has 0 bridgehead atoms.